The Bertz CT molecular complexity index is 1090. The summed E-state index contributed by atoms with van der Waals surface area (Å²) in [6.07, 6.45) is 2.22. The van der Waals surface area contributed by atoms with Crippen molar-refractivity contribution in [3.05, 3.63) is 72.0 Å². The Balaban J connectivity index is 1.13. The van der Waals surface area contributed by atoms with E-state index in [9.17, 15) is 9.18 Å². The summed E-state index contributed by atoms with van der Waals surface area (Å²) in [7, 11) is 0. The predicted octanol–water partition coefficient (Wildman–Crippen LogP) is 4.53. The highest BCUT2D eigenvalue weighted by Gasteiger charge is 2.41. The molecule has 1 aliphatic heterocycles. The molecule has 2 aromatic carbocycles. The number of carbonyl (C=O) groups excluding carboxylic acids is 1. The van der Waals surface area contributed by atoms with Crippen molar-refractivity contribution in [1.82, 2.24) is 15.1 Å². The van der Waals surface area contributed by atoms with Gasteiger partial charge in [0.1, 0.15) is 11.9 Å². The number of hydrogen-bond donors (Lipinski definition) is 1. The number of hydrogen-bond acceptors (Lipinski definition) is 5. The number of fused-ring (bicyclic) bond motifs is 1. The first-order valence-electron chi connectivity index (χ1n) is 11.4. The van der Waals surface area contributed by atoms with Gasteiger partial charge in [-0.15, -0.1) is 10.2 Å². The number of anilines is 1. The third-order valence-corrected chi connectivity index (χ3v) is 6.53. The molecular weight excluding hydrogens is 419 g/mol. The standard InChI is InChI=1S/C26H27FN4O2/c1-17(32)28-23-8-4-19(5-9-23)25-10-11-26(30-29-25)33-24-12-20-15-31(16-21(20)13-24)14-18-2-6-22(27)7-3-18/h2-11,20-21,24H,12-16H2,1H3,(H,28,32)/t20-,21+,24?. The highest BCUT2D eigenvalue weighted by atomic mass is 19.1. The lowest BCUT2D eigenvalue weighted by molar-refractivity contribution is -0.114. The number of likely N-dealkylation sites (tertiary alicyclic amines) is 1. The van der Waals surface area contributed by atoms with Crippen molar-refractivity contribution in [2.24, 2.45) is 11.8 Å². The Morgan fingerprint density at radius 1 is 1.00 bits per heavy atom. The molecule has 7 heteroatoms. The molecule has 1 saturated heterocycles. The second kappa shape index (κ2) is 9.27. The van der Waals surface area contributed by atoms with Crippen LogP contribution in [-0.2, 0) is 11.3 Å². The molecule has 2 aliphatic rings. The second-order valence-electron chi connectivity index (χ2n) is 9.07. The summed E-state index contributed by atoms with van der Waals surface area (Å²) in [5.41, 5.74) is 3.60. The fraction of sp³-hybridized carbons (Fsp3) is 0.346. The van der Waals surface area contributed by atoms with Crippen molar-refractivity contribution in [1.29, 1.82) is 0 Å². The third kappa shape index (κ3) is 5.20. The largest absolute Gasteiger partial charge is 0.473 e. The molecule has 2 heterocycles. The van der Waals surface area contributed by atoms with Gasteiger partial charge in [-0.1, -0.05) is 24.3 Å². The average molecular weight is 447 g/mol. The van der Waals surface area contributed by atoms with Gasteiger partial charge in [0, 0.05) is 43.9 Å². The van der Waals surface area contributed by atoms with Gasteiger partial charge in [0.05, 0.1) is 5.69 Å². The summed E-state index contributed by atoms with van der Waals surface area (Å²) in [6, 6.07) is 18.1. The molecule has 1 aromatic heterocycles. The summed E-state index contributed by atoms with van der Waals surface area (Å²) < 4.78 is 19.3. The van der Waals surface area contributed by atoms with Crippen molar-refractivity contribution >= 4 is 11.6 Å². The van der Waals surface area contributed by atoms with Crippen LogP contribution in [0.1, 0.15) is 25.3 Å². The smallest absolute Gasteiger partial charge is 0.233 e. The monoisotopic (exact) mass is 446 g/mol. The molecule has 1 unspecified atom stereocenters. The minimum absolute atomic E-state index is 0.0966. The maximum atomic E-state index is 13.1. The van der Waals surface area contributed by atoms with E-state index >= 15 is 0 Å². The molecule has 0 radical (unpaired) electrons. The van der Waals surface area contributed by atoms with Gasteiger partial charge < -0.3 is 10.1 Å². The van der Waals surface area contributed by atoms with Crippen molar-refractivity contribution in [3.8, 4) is 17.1 Å². The Kier molecular flexibility index (Phi) is 6.05. The van der Waals surface area contributed by atoms with E-state index in [1.54, 1.807) is 0 Å². The lowest BCUT2D eigenvalue weighted by atomic mass is 10.0. The Morgan fingerprint density at radius 3 is 2.30 bits per heavy atom. The molecule has 6 nitrogen and oxygen atoms in total. The van der Waals surface area contributed by atoms with E-state index in [1.807, 2.05) is 48.5 Å². The lowest BCUT2D eigenvalue weighted by Crippen LogP contribution is -2.24. The molecule has 33 heavy (non-hydrogen) atoms. The molecule has 3 aromatic rings. The van der Waals surface area contributed by atoms with Gasteiger partial charge in [0.25, 0.3) is 0 Å². The number of benzene rings is 2. The van der Waals surface area contributed by atoms with E-state index in [0.717, 1.165) is 55.0 Å². The van der Waals surface area contributed by atoms with Crippen molar-refractivity contribution in [2.45, 2.75) is 32.4 Å². The zero-order chi connectivity index (χ0) is 22.8. The molecule has 5 rings (SSSR count). The average Bonchev–Trinajstić information content (AvgIpc) is 3.34. The summed E-state index contributed by atoms with van der Waals surface area (Å²) >= 11 is 0. The predicted molar refractivity (Wildman–Crippen MR) is 124 cm³/mol. The van der Waals surface area contributed by atoms with Crippen LogP contribution in [0.2, 0.25) is 0 Å². The number of carbonyl (C=O) groups is 1. The number of halogens is 1. The van der Waals surface area contributed by atoms with Crippen LogP contribution in [0.3, 0.4) is 0 Å². The van der Waals surface area contributed by atoms with Crippen LogP contribution in [0.25, 0.3) is 11.3 Å². The zero-order valence-electron chi connectivity index (χ0n) is 18.6. The summed E-state index contributed by atoms with van der Waals surface area (Å²) in [5, 5.41) is 11.4. The summed E-state index contributed by atoms with van der Waals surface area (Å²) in [4.78, 5) is 13.6. The Morgan fingerprint density at radius 2 is 1.70 bits per heavy atom. The summed E-state index contributed by atoms with van der Waals surface area (Å²) in [5.74, 6) is 1.53. The van der Waals surface area contributed by atoms with Gasteiger partial charge >= 0.3 is 0 Å². The number of ether oxygens (including phenoxy) is 1. The first-order valence-corrected chi connectivity index (χ1v) is 11.4. The molecule has 2 fully saturated rings. The van der Waals surface area contributed by atoms with Crippen molar-refractivity contribution in [2.75, 3.05) is 18.4 Å². The van der Waals surface area contributed by atoms with E-state index in [-0.39, 0.29) is 17.8 Å². The summed E-state index contributed by atoms with van der Waals surface area (Å²) in [6.45, 7) is 4.47. The first kappa shape index (κ1) is 21.5. The highest BCUT2D eigenvalue weighted by Crippen LogP contribution is 2.40. The minimum atomic E-state index is -0.187. The molecule has 1 amide bonds. The van der Waals surface area contributed by atoms with Crippen molar-refractivity contribution < 1.29 is 13.9 Å². The van der Waals surface area contributed by atoms with Gasteiger partial charge in [-0.25, -0.2) is 4.39 Å². The highest BCUT2D eigenvalue weighted by molar-refractivity contribution is 5.88. The number of amides is 1. The second-order valence-corrected chi connectivity index (χ2v) is 9.07. The Hall–Kier alpha value is -3.32. The molecule has 1 aliphatic carbocycles. The van der Waals surface area contributed by atoms with Crippen LogP contribution in [-0.4, -0.2) is 40.2 Å². The van der Waals surface area contributed by atoms with Gasteiger partial charge in [-0.05, 0) is 60.6 Å². The van der Waals surface area contributed by atoms with Gasteiger partial charge in [-0.2, -0.15) is 0 Å². The fourth-order valence-corrected chi connectivity index (χ4v) is 5.05. The van der Waals surface area contributed by atoms with Gasteiger partial charge in [0.15, 0.2) is 0 Å². The number of aromatic nitrogens is 2. The molecule has 0 spiro atoms. The third-order valence-electron chi connectivity index (χ3n) is 6.53. The minimum Gasteiger partial charge on any atom is -0.473 e. The van der Waals surface area contributed by atoms with Crippen molar-refractivity contribution in [3.63, 3.8) is 0 Å². The normalized spacial score (nSPS) is 22.2. The van der Waals surface area contributed by atoms with E-state index in [4.69, 9.17) is 4.74 Å². The fourth-order valence-electron chi connectivity index (χ4n) is 5.05. The maximum absolute atomic E-state index is 13.1. The molecule has 0 bridgehead atoms. The van der Waals surface area contributed by atoms with Gasteiger partial charge in [0.2, 0.25) is 11.8 Å². The lowest BCUT2D eigenvalue weighted by Gasteiger charge is -2.19. The molecular formula is C26H27FN4O2. The SMILES string of the molecule is CC(=O)Nc1ccc(-c2ccc(OC3C[C@@H]4CN(Cc5ccc(F)cc5)C[C@@H]4C3)nn2)cc1. The van der Waals surface area contributed by atoms with Crippen LogP contribution < -0.4 is 10.1 Å². The van der Waals surface area contributed by atoms with Gasteiger partial charge in [-0.3, -0.25) is 9.69 Å². The van der Waals surface area contributed by atoms with Crippen LogP contribution in [0.4, 0.5) is 10.1 Å². The molecule has 3 atom stereocenters. The van der Waals surface area contributed by atoms with Crippen LogP contribution >= 0.6 is 0 Å². The topological polar surface area (TPSA) is 67.3 Å². The quantitative estimate of drug-likeness (QED) is 0.603. The molecule has 1 saturated carbocycles. The van der Waals surface area contributed by atoms with E-state index in [1.165, 1.54) is 19.1 Å². The van der Waals surface area contributed by atoms with Crippen LogP contribution in [0, 0.1) is 17.7 Å². The zero-order valence-corrected chi connectivity index (χ0v) is 18.6. The molecule has 170 valence electrons. The van der Waals surface area contributed by atoms with Crippen LogP contribution in [0.5, 0.6) is 5.88 Å². The number of rotatable bonds is 6. The first-order chi connectivity index (χ1) is 16.0. The molecule has 1 N–H and O–H groups in total. The number of nitrogens with one attached hydrogen (secondary N) is 1. The Labute approximate surface area is 192 Å². The van der Waals surface area contributed by atoms with Crippen LogP contribution in [0.15, 0.2) is 60.7 Å². The van der Waals surface area contributed by atoms with E-state index < -0.39 is 0 Å². The van der Waals surface area contributed by atoms with E-state index in [2.05, 4.69) is 20.4 Å². The van der Waals surface area contributed by atoms with E-state index in [0.29, 0.717) is 17.7 Å². The number of nitrogens with zero attached hydrogens (tertiary/aromatic N) is 3. The maximum Gasteiger partial charge on any atom is 0.233 e.